The van der Waals surface area contributed by atoms with Gasteiger partial charge in [-0.25, -0.2) is 0 Å². The van der Waals surface area contributed by atoms with Crippen LogP contribution in [0.5, 0.6) is 0 Å². The number of piperidine rings is 1. The number of carbonyl (C=O) groups is 3. The van der Waals surface area contributed by atoms with Crippen molar-refractivity contribution in [2.75, 3.05) is 13.1 Å². The molecular formula is C28H34N4O3S. The summed E-state index contributed by atoms with van der Waals surface area (Å²) in [5.41, 5.74) is 1.75. The van der Waals surface area contributed by atoms with Crippen LogP contribution in [0, 0.1) is 17.2 Å². The number of likely N-dealkylation sites (tertiary alicyclic amines) is 1. The third-order valence-corrected chi connectivity index (χ3v) is 7.02. The van der Waals surface area contributed by atoms with Crippen LogP contribution in [-0.4, -0.2) is 51.5 Å². The highest BCUT2D eigenvalue weighted by Crippen LogP contribution is 2.35. The number of amides is 2. The summed E-state index contributed by atoms with van der Waals surface area (Å²) in [5.74, 6) is 0.603. The van der Waals surface area contributed by atoms with Crippen LogP contribution in [0.1, 0.15) is 61.5 Å². The zero-order valence-electron chi connectivity index (χ0n) is 21.1. The van der Waals surface area contributed by atoms with Gasteiger partial charge in [0.25, 0.3) is 5.24 Å². The van der Waals surface area contributed by atoms with Gasteiger partial charge in [0, 0.05) is 38.0 Å². The van der Waals surface area contributed by atoms with Gasteiger partial charge in [-0.2, -0.15) is 5.26 Å². The molecule has 1 unspecified atom stereocenters. The minimum atomic E-state index is -0.473. The Morgan fingerprint density at radius 3 is 2.25 bits per heavy atom. The zero-order valence-corrected chi connectivity index (χ0v) is 22.0. The number of hydrogen-bond donors (Lipinski definition) is 2. The Hall–Kier alpha value is -3.15. The first-order valence-electron chi connectivity index (χ1n) is 12.3. The van der Waals surface area contributed by atoms with Gasteiger partial charge < -0.3 is 9.80 Å². The summed E-state index contributed by atoms with van der Waals surface area (Å²) < 4.78 is 0. The van der Waals surface area contributed by atoms with Crippen LogP contribution < -0.4 is 5.32 Å². The average molecular weight is 507 g/mol. The fraction of sp³-hybridized carbons (Fsp3) is 0.429. The van der Waals surface area contributed by atoms with Crippen molar-refractivity contribution in [3.05, 3.63) is 71.3 Å². The Labute approximate surface area is 218 Å². The van der Waals surface area contributed by atoms with Crippen molar-refractivity contribution in [2.45, 2.75) is 58.3 Å². The Balaban J connectivity index is 0.000000338. The molecule has 2 saturated heterocycles. The lowest BCUT2D eigenvalue weighted by Crippen LogP contribution is -2.59. The van der Waals surface area contributed by atoms with Gasteiger partial charge in [-0.1, -0.05) is 75.0 Å². The first kappa shape index (κ1) is 27.4. The Kier molecular flexibility index (Phi) is 9.30. The van der Waals surface area contributed by atoms with Gasteiger partial charge in [-0.05, 0) is 30.9 Å². The summed E-state index contributed by atoms with van der Waals surface area (Å²) in [4.78, 5) is 39.1. The van der Waals surface area contributed by atoms with Crippen LogP contribution in [0.4, 0.5) is 4.79 Å². The van der Waals surface area contributed by atoms with Gasteiger partial charge >= 0.3 is 0 Å². The van der Waals surface area contributed by atoms with E-state index in [-0.39, 0.29) is 23.0 Å². The molecule has 1 spiro atoms. The van der Waals surface area contributed by atoms with E-state index in [1.54, 1.807) is 17.9 Å². The average Bonchev–Trinajstić information content (AvgIpc) is 3.10. The van der Waals surface area contributed by atoms with E-state index in [0.717, 1.165) is 17.5 Å². The number of nitrogens with one attached hydrogen (secondary N) is 1. The minimum absolute atomic E-state index is 0.0853. The zero-order chi connectivity index (χ0) is 26.3. The number of ketones is 1. The fourth-order valence-corrected chi connectivity index (χ4v) is 5.02. The highest BCUT2D eigenvalue weighted by atomic mass is 32.1. The van der Waals surface area contributed by atoms with Crippen molar-refractivity contribution in [1.82, 2.24) is 15.1 Å². The molecule has 4 rings (SSSR count). The highest BCUT2D eigenvalue weighted by molar-refractivity contribution is 7.96. The molecule has 2 fully saturated rings. The summed E-state index contributed by atoms with van der Waals surface area (Å²) in [6.07, 6.45) is 2.09. The predicted molar refractivity (Wildman–Crippen MR) is 142 cm³/mol. The normalized spacial score (nSPS) is 18.6. The molecule has 2 aromatic carbocycles. The second-order valence-electron chi connectivity index (χ2n) is 9.74. The number of nitrogens with zero attached hydrogens (tertiary/aromatic N) is 3. The SMILES string of the molecule is CC(=O)c1ccccc1.CC(C)CC1NC2(CCN(C(=O)S)CC2)N(Cc2ccccc2C#N)C1=O. The van der Waals surface area contributed by atoms with Gasteiger partial charge in [0.1, 0.15) is 0 Å². The van der Waals surface area contributed by atoms with Gasteiger partial charge in [-0.3, -0.25) is 19.7 Å². The number of carbonyl (C=O) groups excluding carboxylic acids is 3. The molecular weight excluding hydrogens is 472 g/mol. The van der Waals surface area contributed by atoms with Crippen LogP contribution in [-0.2, 0) is 11.3 Å². The van der Waals surface area contributed by atoms with Crippen LogP contribution in [0.2, 0.25) is 0 Å². The van der Waals surface area contributed by atoms with E-state index in [1.807, 2.05) is 53.4 Å². The lowest BCUT2D eigenvalue weighted by atomic mass is 9.95. The molecule has 190 valence electrons. The third kappa shape index (κ3) is 6.54. The summed E-state index contributed by atoms with van der Waals surface area (Å²) in [5, 5.41) is 12.8. The monoisotopic (exact) mass is 506 g/mol. The number of benzene rings is 2. The number of thiol groups is 1. The van der Waals surface area contributed by atoms with E-state index in [9.17, 15) is 19.6 Å². The molecule has 2 amide bonds. The summed E-state index contributed by atoms with van der Waals surface area (Å²) in [6, 6.07) is 18.6. The van der Waals surface area contributed by atoms with Crippen molar-refractivity contribution in [3.63, 3.8) is 0 Å². The lowest BCUT2D eigenvalue weighted by molar-refractivity contribution is -0.134. The second kappa shape index (κ2) is 12.2. The predicted octanol–water partition coefficient (Wildman–Crippen LogP) is 4.64. The van der Waals surface area contributed by atoms with Crippen molar-refractivity contribution in [3.8, 4) is 6.07 Å². The molecule has 0 radical (unpaired) electrons. The van der Waals surface area contributed by atoms with E-state index in [1.165, 1.54) is 0 Å². The third-order valence-electron chi connectivity index (χ3n) is 6.74. The van der Waals surface area contributed by atoms with Crippen LogP contribution >= 0.6 is 12.6 Å². The Morgan fingerprint density at radius 1 is 1.11 bits per heavy atom. The van der Waals surface area contributed by atoms with Crippen molar-refractivity contribution in [2.24, 2.45) is 5.92 Å². The number of Topliss-reactive ketones (excluding diaryl/α,β-unsaturated/α-hetero) is 1. The van der Waals surface area contributed by atoms with Crippen LogP contribution in [0.3, 0.4) is 0 Å². The van der Waals surface area contributed by atoms with E-state index in [0.29, 0.717) is 44.0 Å². The Morgan fingerprint density at radius 2 is 1.72 bits per heavy atom. The molecule has 8 heteroatoms. The molecule has 36 heavy (non-hydrogen) atoms. The van der Waals surface area contributed by atoms with Gasteiger partial charge in [0.15, 0.2) is 5.78 Å². The Bertz CT molecular complexity index is 1120. The maximum absolute atomic E-state index is 13.2. The number of hydrogen-bond acceptors (Lipinski definition) is 5. The molecule has 2 aliphatic heterocycles. The van der Waals surface area contributed by atoms with E-state index in [4.69, 9.17) is 0 Å². The largest absolute Gasteiger partial charge is 0.334 e. The van der Waals surface area contributed by atoms with E-state index >= 15 is 0 Å². The highest BCUT2D eigenvalue weighted by Gasteiger charge is 2.51. The maximum Gasteiger partial charge on any atom is 0.278 e. The van der Waals surface area contributed by atoms with Gasteiger partial charge in [-0.15, -0.1) is 0 Å². The van der Waals surface area contributed by atoms with Crippen molar-refractivity contribution in [1.29, 1.82) is 5.26 Å². The number of nitriles is 1. The molecule has 0 saturated carbocycles. The minimum Gasteiger partial charge on any atom is -0.334 e. The molecule has 0 bridgehead atoms. The maximum atomic E-state index is 13.2. The molecule has 2 heterocycles. The quantitative estimate of drug-likeness (QED) is 0.455. The summed E-state index contributed by atoms with van der Waals surface area (Å²) in [7, 11) is 0. The lowest BCUT2D eigenvalue weighted by Gasteiger charge is -2.44. The van der Waals surface area contributed by atoms with Crippen molar-refractivity contribution >= 4 is 29.6 Å². The van der Waals surface area contributed by atoms with Crippen LogP contribution in [0.25, 0.3) is 0 Å². The smallest absolute Gasteiger partial charge is 0.278 e. The fourth-order valence-electron chi connectivity index (χ4n) is 4.82. The standard InChI is InChI=1S/C20H26N4O2S.C8H8O/c1-14(2)11-17-18(25)24(13-16-6-4-3-5-15(16)12-21)20(22-17)7-9-23(10-8-20)19(26)27;1-7(9)8-5-3-2-4-6-8/h3-6,14,17,22H,7-11,13H2,1-2H3,(H,26,27);2-6H,1H3. The first-order valence-corrected chi connectivity index (χ1v) is 12.7. The molecule has 0 aliphatic carbocycles. The van der Waals surface area contributed by atoms with Crippen LogP contribution in [0.15, 0.2) is 54.6 Å². The topological polar surface area (TPSA) is 93.5 Å². The van der Waals surface area contributed by atoms with Gasteiger partial charge in [0.2, 0.25) is 5.91 Å². The van der Waals surface area contributed by atoms with Crippen molar-refractivity contribution < 1.29 is 14.4 Å². The molecule has 2 aliphatic rings. The number of rotatable bonds is 5. The van der Waals surface area contributed by atoms with E-state index in [2.05, 4.69) is 37.9 Å². The first-order chi connectivity index (χ1) is 17.2. The van der Waals surface area contributed by atoms with E-state index < -0.39 is 5.66 Å². The second-order valence-corrected chi connectivity index (χ2v) is 10.1. The molecule has 2 aromatic rings. The molecule has 1 atom stereocenters. The summed E-state index contributed by atoms with van der Waals surface area (Å²) >= 11 is 3.93. The van der Waals surface area contributed by atoms with Gasteiger partial charge in [0.05, 0.1) is 23.3 Å². The molecule has 7 nitrogen and oxygen atoms in total. The molecule has 1 N–H and O–H groups in total. The summed E-state index contributed by atoms with van der Waals surface area (Å²) in [6.45, 7) is 7.31. The molecule has 0 aromatic heterocycles.